The van der Waals surface area contributed by atoms with Crippen molar-refractivity contribution < 1.29 is 4.39 Å². The van der Waals surface area contributed by atoms with Gasteiger partial charge in [0.15, 0.2) is 4.77 Å². The Bertz CT molecular complexity index is 965. The maximum absolute atomic E-state index is 13.8. The van der Waals surface area contributed by atoms with E-state index in [1.54, 1.807) is 16.7 Å². The summed E-state index contributed by atoms with van der Waals surface area (Å²) in [7, 11) is 0. The number of hydrogen-bond acceptors (Lipinski definition) is 2. The molecule has 3 nitrogen and oxygen atoms in total. The Balaban J connectivity index is 2.41. The fourth-order valence-electron chi connectivity index (χ4n) is 2.26. The van der Waals surface area contributed by atoms with Crippen molar-refractivity contribution in [1.82, 2.24) is 9.55 Å². The number of fused-ring (bicyclic) bond motifs is 1. The zero-order valence-corrected chi connectivity index (χ0v) is 12.5. The first kappa shape index (κ1) is 13.8. The summed E-state index contributed by atoms with van der Waals surface area (Å²) >= 11 is 11.1. The second kappa shape index (κ2) is 4.99. The number of aryl methyl sites for hydroxylation is 1. The van der Waals surface area contributed by atoms with Crippen LogP contribution in [0.3, 0.4) is 0 Å². The summed E-state index contributed by atoms with van der Waals surface area (Å²) in [5.74, 6) is -0.513. The van der Waals surface area contributed by atoms with Gasteiger partial charge in [-0.2, -0.15) is 5.26 Å². The summed E-state index contributed by atoms with van der Waals surface area (Å²) in [6.45, 7) is 1.91. The highest BCUT2D eigenvalue weighted by Gasteiger charge is 2.12. The molecular formula is C15H9ClFN3S. The lowest BCUT2D eigenvalue weighted by Crippen LogP contribution is -1.98. The van der Waals surface area contributed by atoms with Crippen LogP contribution in [0.15, 0.2) is 30.3 Å². The van der Waals surface area contributed by atoms with Gasteiger partial charge in [-0.15, -0.1) is 0 Å². The maximum atomic E-state index is 13.8. The van der Waals surface area contributed by atoms with Gasteiger partial charge in [0.05, 0.1) is 33.4 Å². The standard InChI is InChI=1S/C15H9ClFN3S/c1-8-2-3-9(7-18)4-13(8)20-14-6-11(17)10(16)5-12(14)19-15(20)21/h2-6H,1H3,(H,19,21). The van der Waals surface area contributed by atoms with E-state index < -0.39 is 5.82 Å². The van der Waals surface area contributed by atoms with Crippen molar-refractivity contribution in [3.63, 3.8) is 0 Å². The van der Waals surface area contributed by atoms with Crippen molar-refractivity contribution >= 4 is 34.9 Å². The SMILES string of the molecule is Cc1ccc(C#N)cc1-n1c(=S)[nH]c2cc(Cl)c(F)cc21. The molecule has 0 saturated heterocycles. The minimum Gasteiger partial charge on any atom is -0.330 e. The van der Waals surface area contributed by atoms with Gasteiger partial charge in [0.1, 0.15) is 5.82 Å². The highest BCUT2D eigenvalue weighted by molar-refractivity contribution is 7.71. The van der Waals surface area contributed by atoms with E-state index in [1.807, 2.05) is 13.0 Å². The lowest BCUT2D eigenvalue weighted by atomic mass is 10.1. The zero-order chi connectivity index (χ0) is 15.1. The number of nitrogens with one attached hydrogen (secondary N) is 1. The Hall–Kier alpha value is -2.16. The number of rotatable bonds is 1. The summed E-state index contributed by atoms with van der Waals surface area (Å²) in [5.41, 5.74) is 3.42. The lowest BCUT2D eigenvalue weighted by molar-refractivity contribution is 0.629. The molecule has 3 rings (SSSR count). The fraction of sp³-hybridized carbons (Fsp3) is 0.0667. The van der Waals surface area contributed by atoms with Crippen LogP contribution in [0.2, 0.25) is 5.02 Å². The largest absolute Gasteiger partial charge is 0.330 e. The molecule has 0 spiro atoms. The highest BCUT2D eigenvalue weighted by Crippen LogP contribution is 2.27. The second-order valence-corrected chi connectivity index (χ2v) is 5.46. The van der Waals surface area contributed by atoms with Crippen molar-refractivity contribution in [2.45, 2.75) is 6.92 Å². The Morgan fingerprint density at radius 2 is 2.10 bits per heavy atom. The molecule has 0 aliphatic heterocycles. The van der Waals surface area contributed by atoms with Crippen LogP contribution in [-0.2, 0) is 0 Å². The molecule has 1 heterocycles. The molecule has 0 radical (unpaired) electrons. The van der Waals surface area contributed by atoms with Crippen LogP contribution >= 0.6 is 23.8 Å². The molecule has 1 aromatic heterocycles. The van der Waals surface area contributed by atoms with Gasteiger partial charge >= 0.3 is 0 Å². The molecule has 104 valence electrons. The van der Waals surface area contributed by atoms with Gasteiger partial charge in [-0.25, -0.2) is 4.39 Å². The van der Waals surface area contributed by atoms with Crippen LogP contribution in [0.4, 0.5) is 4.39 Å². The van der Waals surface area contributed by atoms with Crippen LogP contribution in [0.25, 0.3) is 16.7 Å². The summed E-state index contributed by atoms with van der Waals surface area (Å²) in [6, 6.07) is 10.2. The van der Waals surface area contributed by atoms with E-state index in [-0.39, 0.29) is 5.02 Å². The summed E-state index contributed by atoms with van der Waals surface area (Å²) in [6.07, 6.45) is 0. The number of nitriles is 1. The van der Waals surface area contributed by atoms with Gasteiger partial charge in [-0.3, -0.25) is 4.57 Å². The number of halogens is 2. The third-order valence-electron chi connectivity index (χ3n) is 3.30. The van der Waals surface area contributed by atoms with Crippen molar-refractivity contribution in [3.05, 3.63) is 57.1 Å². The topological polar surface area (TPSA) is 44.5 Å². The minimum atomic E-state index is -0.513. The van der Waals surface area contributed by atoms with E-state index in [0.29, 0.717) is 21.4 Å². The molecule has 6 heteroatoms. The van der Waals surface area contributed by atoms with E-state index in [2.05, 4.69) is 11.1 Å². The Morgan fingerprint density at radius 1 is 1.33 bits per heavy atom. The van der Waals surface area contributed by atoms with E-state index in [0.717, 1.165) is 11.3 Å². The highest BCUT2D eigenvalue weighted by atomic mass is 35.5. The van der Waals surface area contributed by atoms with Gasteiger partial charge in [-0.05, 0) is 42.9 Å². The Kier molecular flexibility index (Phi) is 3.28. The summed E-state index contributed by atoms with van der Waals surface area (Å²) < 4.78 is 15.9. The average molecular weight is 318 g/mol. The third kappa shape index (κ3) is 2.23. The second-order valence-electron chi connectivity index (χ2n) is 4.66. The lowest BCUT2D eigenvalue weighted by Gasteiger charge is -2.09. The molecule has 0 aliphatic rings. The number of hydrogen-bond donors (Lipinski definition) is 1. The van der Waals surface area contributed by atoms with Crippen molar-refractivity contribution in [2.24, 2.45) is 0 Å². The van der Waals surface area contributed by atoms with Gasteiger partial charge in [0.2, 0.25) is 0 Å². The first-order chi connectivity index (χ1) is 10.0. The van der Waals surface area contributed by atoms with E-state index in [4.69, 9.17) is 29.1 Å². The van der Waals surface area contributed by atoms with Crippen molar-refractivity contribution in [3.8, 4) is 11.8 Å². The quantitative estimate of drug-likeness (QED) is 0.663. The van der Waals surface area contributed by atoms with E-state index in [1.165, 1.54) is 12.1 Å². The van der Waals surface area contributed by atoms with E-state index >= 15 is 0 Å². The molecule has 0 fully saturated rings. The molecule has 0 amide bonds. The summed E-state index contributed by atoms with van der Waals surface area (Å²) in [4.78, 5) is 3.00. The van der Waals surface area contributed by atoms with Crippen LogP contribution < -0.4 is 0 Å². The molecule has 2 aromatic carbocycles. The molecule has 0 saturated carbocycles. The average Bonchev–Trinajstić information content (AvgIpc) is 2.75. The summed E-state index contributed by atoms with van der Waals surface area (Å²) in [5, 5.41) is 9.08. The predicted molar refractivity (Wildman–Crippen MR) is 82.9 cm³/mol. The molecule has 1 N–H and O–H groups in total. The molecule has 3 aromatic rings. The minimum absolute atomic E-state index is 0.0356. The van der Waals surface area contributed by atoms with Crippen LogP contribution in [-0.4, -0.2) is 9.55 Å². The van der Waals surface area contributed by atoms with Crippen molar-refractivity contribution in [1.29, 1.82) is 5.26 Å². The number of H-pyrrole nitrogens is 1. The number of nitrogens with zero attached hydrogens (tertiary/aromatic N) is 2. The van der Waals surface area contributed by atoms with Crippen LogP contribution in [0, 0.1) is 28.8 Å². The molecule has 0 atom stereocenters. The third-order valence-corrected chi connectivity index (χ3v) is 3.88. The number of benzene rings is 2. The van der Waals surface area contributed by atoms with Gasteiger partial charge in [-0.1, -0.05) is 17.7 Å². The molecular weight excluding hydrogens is 309 g/mol. The Labute approximate surface area is 130 Å². The van der Waals surface area contributed by atoms with Crippen LogP contribution in [0.5, 0.6) is 0 Å². The smallest absolute Gasteiger partial charge is 0.182 e. The number of imidazole rings is 1. The molecule has 21 heavy (non-hydrogen) atoms. The predicted octanol–water partition coefficient (Wildman–Crippen LogP) is 4.66. The molecule has 0 aliphatic carbocycles. The van der Waals surface area contributed by atoms with Crippen LogP contribution in [0.1, 0.15) is 11.1 Å². The first-order valence-electron chi connectivity index (χ1n) is 6.12. The number of aromatic nitrogens is 2. The molecule has 0 unspecified atom stereocenters. The molecule has 0 bridgehead atoms. The monoisotopic (exact) mass is 317 g/mol. The van der Waals surface area contributed by atoms with Gasteiger partial charge in [0.25, 0.3) is 0 Å². The fourth-order valence-corrected chi connectivity index (χ4v) is 2.73. The normalized spacial score (nSPS) is 10.8. The van der Waals surface area contributed by atoms with E-state index in [9.17, 15) is 4.39 Å². The maximum Gasteiger partial charge on any atom is 0.182 e. The van der Waals surface area contributed by atoms with Gasteiger partial charge in [0, 0.05) is 6.07 Å². The zero-order valence-electron chi connectivity index (χ0n) is 10.9. The van der Waals surface area contributed by atoms with Gasteiger partial charge < -0.3 is 4.98 Å². The Morgan fingerprint density at radius 3 is 2.81 bits per heavy atom. The van der Waals surface area contributed by atoms with Crippen molar-refractivity contribution in [2.75, 3.05) is 0 Å². The first-order valence-corrected chi connectivity index (χ1v) is 6.91. The number of aromatic amines is 1.